The average Bonchev–Trinajstić information content (AvgIpc) is 2.33. The number of carbonyl (C=O) groups is 2. The number of Topliss-reactive ketones (excluding diaryl/α,β-unsaturated/α-hetero) is 1. The number of hydrogen-bond donors (Lipinski definition) is 0. The van der Waals surface area contributed by atoms with Gasteiger partial charge in [-0.2, -0.15) is 13.2 Å². The molecule has 0 N–H and O–H groups in total. The zero-order valence-electron chi connectivity index (χ0n) is 10.5. The number of halogens is 4. The van der Waals surface area contributed by atoms with Gasteiger partial charge in [0.15, 0.2) is 5.78 Å². The maximum atomic E-state index is 13.4. The van der Waals surface area contributed by atoms with Crippen molar-refractivity contribution in [1.29, 1.82) is 0 Å². The van der Waals surface area contributed by atoms with Gasteiger partial charge in [0, 0.05) is 10.5 Å². The second-order valence-electron chi connectivity index (χ2n) is 3.72. The summed E-state index contributed by atoms with van der Waals surface area (Å²) >= 11 is 0.420. The highest BCUT2D eigenvalue weighted by Gasteiger charge is 2.38. The molecule has 110 valence electrons. The zero-order valence-corrected chi connectivity index (χ0v) is 11.3. The van der Waals surface area contributed by atoms with Crippen molar-refractivity contribution in [2.24, 2.45) is 0 Å². The molecule has 0 atom stereocenters. The third kappa shape index (κ3) is 3.72. The van der Waals surface area contributed by atoms with Gasteiger partial charge in [-0.05, 0) is 19.1 Å². The molecule has 0 radical (unpaired) electrons. The highest BCUT2D eigenvalue weighted by atomic mass is 32.2. The number of benzene rings is 1. The van der Waals surface area contributed by atoms with Crippen LogP contribution in [0.2, 0.25) is 0 Å². The predicted octanol–water partition coefficient (Wildman–Crippen LogP) is 3.31. The topological polar surface area (TPSA) is 43.4 Å². The first-order valence-electron chi connectivity index (χ1n) is 5.28. The van der Waals surface area contributed by atoms with Crippen LogP contribution in [-0.2, 0) is 15.7 Å². The summed E-state index contributed by atoms with van der Waals surface area (Å²) in [6.45, 7) is 1.07. The lowest BCUT2D eigenvalue weighted by Gasteiger charge is -2.15. The third-order valence-electron chi connectivity index (χ3n) is 2.33. The fraction of sp³-hybridized carbons (Fsp3) is 0.333. The molecule has 1 aromatic carbocycles. The summed E-state index contributed by atoms with van der Waals surface area (Å²) < 4.78 is 56.4. The number of alkyl halides is 3. The van der Waals surface area contributed by atoms with Crippen LogP contribution in [0.1, 0.15) is 22.8 Å². The molecule has 0 aromatic heterocycles. The molecule has 0 saturated heterocycles. The number of carbonyl (C=O) groups excluding carboxylic acids is 2. The van der Waals surface area contributed by atoms with E-state index in [9.17, 15) is 27.2 Å². The van der Waals surface area contributed by atoms with Gasteiger partial charge in [0.05, 0.1) is 12.9 Å². The monoisotopic (exact) mass is 310 g/mol. The summed E-state index contributed by atoms with van der Waals surface area (Å²) in [5.41, 5.74) is -1.83. The molecule has 3 nitrogen and oxygen atoms in total. The van der Waals surface area contributed by atoms with Crippen molar-refractivity contribution in [3.05, 3.63) is 29.1 Å². The Balaban J connectivity index is 3.37. The van der Waals surface area contributed by atoms with Crippen molar-refractivity contribution in [1.82, 2.24) is 0 Å². The molecule has 0 aliphatic rings. The zero-order chi connectivity index (χ0) is 15.5. The van der Waals surface area contributed by atoms with Crippen molar-refractivity contribution < 1.29 is 31.9 Å². The van der Waals surface area contributed by atoms with Gasteiger partial charge in [0.25, 0.3) is 0 Å². The van der Waals surface area contributed by atoms with Gasteiger partial charge in [-0.25, -0.2) is 4.39 Å². The van der Waals surface area contributed by atoms with E-state index in [2.05, 4.69) is 4.74 Å². The Hall–Kier alpha value is -1.57. The predicted molar refractivity (Wildman–Crippen MR) is 64.1 cm³/mol. The first-order valence-corrected chi connectivity index (χ1v) is 6.27. The summed E-state index contributed by atoms with van der Waals surface area (Å²) in [5.74, 6) is -3.37. The van der Waals surface area contributed by atoms with Crippen LogP contribution in [0.15, 0.2) is 17.0 Å². The Bertz CT molecular complexity index is 540. The largest absolute Gasteiger partial charge is 0.468 e. The van der Waals surface area contributed by atoms with Gasteiger partial charge in [-0.15, -0.1) is 11.8 Å². The average molecular weight is 310 g/mol. The number of ether oxygens (including phenoxy) is 1. The fourth-order valence-electron chi connectivity index (χ4n) is 1.44. The quantitative estimate of drug-likeness (QED) is 0.370. The standard InChI is InChI=1S/C12H10F4O3S/c1-6(17)7-3-4-8(13)10(12(14,15)16)11(7)20-5-9(18)19-2/h3-4H,5H2,1-2H3. The number of rotatable bonds is 4. The Kier molecular flexibility index (Phi) is 5.15. The van der Waals surface area contributed by atoms with Crippen LogP contribution in [0.5, 0.6) is 0 Å². The van der Waals surface area contributed by atoms with Crippen LogP contribution in [0, 0.1) is 5.82 Å². The molecule has 0 heterocycles. The minimum Gasteiger partial charge on any atom is -0.468 e. The van der Waals surface area contributed by atoms with E-state index in [0.29, 0.717) is 17.8 Å². The molecular formula is C12H10F4O3S. The highest BCUT2D eigenvalue weighted by molar-refractivity contribution is 8.00. The van der Waals surface area contributed by atoms with Crippen LogP contribution in [0.4, 0.5) is 17.6 Å². The fourth-order valence-corrected chi connectivity index (χ4v) is 2.54. The van der Waals surface area contributed by atoms with Gasteiger partial charge in [-0.1, -0.05) is 0 Å². The maximum absolute atomic E-state index is 13.4. The van der Waals surface area contributed by atoms with Crippen LogP contribution < -0.4 is 0 Å². The molecule has 0 fully saturated rings. The van der Waals surface area contributed by atoms with E-state index in [1.165, 1.54) is 0 Å². The van der Waals surface area contributed by atoms with Crippen LogP contribution in [0.3, 0.4) is 0 Å². The van der Waals surface area contributed by atoms with E-state index in [-0.39, 0.29) is 5.56 Å². The van der Waals surface area contributed by atoms with E-state index in [0.717, 1.165) is 20.1 Å². The number of ketones is 1. The van der Waals surface area contributed by atoms with Gasteiger partial charge in [0.2, 0.25) is 0 Å². The molecule has 0 aliphatic heterocycles. The lowest BCUT2D eigenvalue weighted by atomic mass is 10.1. The first-order chi connectivity index (χ1) is 9.18. The molecule has 0 amide bonds. The summed E-state index contributed by atoms with van der Waals surface area (Å²) in [6.07, 6.45) is -4.96. The number of thioether (sulfide) groups is 1. The second kappa shape index (κ2) is 6.25. The van der Waals surface area contributed by atoms with Crippen LogP contribution in [0.25, 0.3) is 0 Å². The van der Waals surface area contributed by atoms with E-state index in [1.54, 1.807) is 0 Å². The normalized spacial score (nSPS) is 11.3. The van der Waals surface area contributed by atoms with E-state index in [4.69, 9.17) is 0 Å². The van der Waals surface area contributed by atoms with Gasteiger partial charge < -0.3 is 4.74 Å². The Morgan fingerprint density at radius 3 is 2.35 bits per heavy atom. The lowest BCUT2D eigenvalue weighted by Crippen LogP contribution is -2.14. The lowest BCUT2D eigenvalue weighted by molar-refractivity contribution is -0.142. The minimum absolute atomic E-state index is 0.285. The van der Waals surface area contributed by atoms with Crippen LogP contribution in [-0.4, -0.2) is 24.6 Å². The second-order valence-corrected chi connectivity index (χ2v) is 4.70. The van der Waals surface area contributed by atoms with Crippen molar-refractivity contribution in [3.8, 4) is 0 Å². The Morgan fingerprint density at radius 1 is 1.30 bits per heavy atom. The van der Waals surface area contributed by atoms with Crippen molar-refractivity contribution in [2.45, 2.75) is 18.0 Å². The van der Waals surface area contributed by atoms with Gasteiger partial charge in [-0.3, -0.25) is 9.59 Å². The first kappa shape index (κ1) is 16.5. The molecule has 1 aromatic rings. The van der Waals surface area contributed by atoms with Gasteiger partial charge >= 0.3 is 12.1 Å². The van der Waals surface area contributed by atoms with E-state index < -0.39 is 40.0 Å². The number of esters is 1. The summed E-state index contributed by atoms with van der Waals surface area (Å²) in [6, 6.07) is 1.55. The molecule has 0 aliphatic carbocycles. The molecule has 1 rings (SSSR count). The van der Waals surface area contributed by atoms with E-state index >= 15 is 0 Å². The number of methoxy groups -OCH3 is 1. The molecule has 8 heteroatoms. The third-order valence-corrected chi connectivity index (χ3v) is 3.42. The minimum atomic E-state index is -4.96. The maximum Gasteiger partial charge on any atom is 0.420 e. The molecule has 20 heavy (non-hydrogen) atoms. The molecular weight excluding hydrogens is 300 g/mol. The van der Waals surface area contributed by atoms with Crippen LogP contribution >= 0.6 is 11.8 Å². The summed E-state index contributed by atoms with van der Waals surface area (Å²) in [5, 5.41) is 0. The SMILES string of the molecule is COC(=O)CSc1c(C(C)=O)ccc(F)c1C(F)(F)F. The summed E-state index contributed by atoms with van der Waals surface area (Å²) in [7, 11) is 1.07. The van der Waals surface area contributed by atoms with E-state index in [1.807, 2.05) is 0 Å². The highest BCUT2D eigenvalue weighted by Crippen LogP contribution is 2.40. The summed E-state index contributed by atoms with van der Waals surface area (Å²) in [4.78, 5) is 21.8. The molecule has 0 unspecified atom stereocenters. The molecule has 0 saturated carbocycles. The Labute approximate surface area is 116 Å². The van der Waals surface area contributed by atoms with Crippen molar-refractivity contribution >= 4 is 23.5 Å². The number of hydrogen-bond acceptors (Lipinski definition) is 4. The van der Waals surface area contributed by atoms with Crippen molar-refractivity contribution in [3.63, 3.8) is 0 Å². The smallest absolute Gasteiger partial charge is 0.420 e. The Morgan fingerprint density at radius 2 is 1.90 bits per heavy atom. The van der Waals surface area contributed by atoms with Gasteiger partial charge in [0.1, 0.15) is 11.4 Å². The van der Waals surface area contributed by atoms with Crippen molar-refractivity contribution in [2.75, 3.05) is 12.9 Å². The molecule has 0 bridgehead atoms. The molecule has 0 spiro atoms.